The van der Waals surface area contributed by atoms with Crippen LogP contribution in [0.15, 0.2) is 6.07 Å². The molecule has 1 spiro atoms. The van der Waals surface area contributed by atoms with Crippen LogP contribution < -0.4 is 0 Å². The number of halogens is 2. The Kier molecular flexibility index (Phi) is 5.23. The van der Waals surface area contributed by atoms with Gasteiger partial charge in [0.15, 0.2) is 0 Å². The SMILES string of the molecule is Cc1cc(CN2CCC[C@@]3(CN(CC4CCCC4)CC(F)(F)C3)C2=O)n(C)n1. The summed E-state index contributed by atoms with van der Waals surface area (Å²) in [6, 6.07) is 1.97. The molecule has 3 fully saturated rings. The van der Waals surface area contributed by atoms with Crippen LogP contribution in [0.2, 0.25) is 0 Å². The molecule has 0 radical (unpaired) electrons. The normalized spacial score (nSPS) is 29.1. The molecular formula is C21H32F2N4O. The van der Waals surface area contributed by atoms with Crippen LogP contribution in [0.1, 0.15) is 56.3 Å². The minimum atomic E-state index is -2.79. The fraction of sp³-hybridized carbons (Fsp3) is 0.810. The second-order valence-corrected chi connectivity index (χ2v) is 9.36. The number of rotatable bonds is 4. The molecule has 0 bridgehead atoms. The van der Waals surface area contributed by atoms with Gasteiger partial charge in [0.1, 0.15) is 0 Å². The molecule has 1 saturated carbocycles. The van der Waals surface area contributed by atoms with Crippen molar-refractivity contribution in [2.45, 2.75) is 64.3 Å². The Morgan fingerprint density at radius 2 is 1.96 bits per heavy atom. The Hall–Kier alpha value is -1.50. The van der Waals surface area contributed by atoms with E-state index in [2.05, 4.69) is 5.10 Å². The van der Waals surface area contributed by atoms with Crippen molar-refractivity contribution in [3.05, 3.63) is 17.5 Å². The molecule has 0 aromatic carbocycles. The molecule has 1 atom stereocenters. The predicted molar refractivity (Wildman–Crippen MR) is 103 cm³/mol. The Balaban J connectivity index is 1.52. The summed E-state index contributed by atoms with van der Waals surface area (Å²) in [5, 5.41) is 4.35. The summed E-state index contributed by atoms with van der Waals surface area (Å²) >= 11 is 0. The first-order valence-electron chi connectivity index (χ1n) is 10.7. The van der Waals surface area contributed by atoms with Gasteiger partial charge < -0.3 is 4.90 Å². The second-order valence-electron chi connectivity index (χ2n) is 9.36. The standard InChI is InChI=1S/C21H32F2N4O/c1-16-10-18(25(2)24-16)12-27-9-5-8-20(19(27)28)13-21(22,23)15-26(14-20)11-17-6-3-4-7-17/h10,17H,3-9,11-15H2,1-2H3/t20-/m1/s1. The van der Waals surface area contributed by atoms with Gasteiger partial charge in [0.25, 0.3) is 5.92 Å². The van der Waals surface area contributed by atoms with Gasteiger partial charge in [-0.3, -0.25) is 14.4 Å². The lowest BCUT2D eigenvalue weighted by atomic mass is 9.71. The van der Waals surface area contributed by atoms with E-state index in [9.17, 15) is 13.6 Å². The number of carbonyl (C=O) groups is 1. The van der Waals surface area contributed by atoms with Crippen LogP contribution in [0.4, 0.5) is 8.78 Å². The van der Waals surface area contributed by atoms with Crippen LogP contribution in [0.5, 0.6) is 0 Å². The van der Waals surface area contributed by atoms with Crippen LogP contribution in [0, 0.1) is 18.3 Å². The van der Waals surface area contributed by atoms with Gasteiger partial charge in [0, 0.05) is 33.1 Å². The molecule has 2 aliphatic heterocycles. The fourth-order valence-corrected chi connectivity index (χ4v) is 5.73. The average molecular weight is 395 g/mol. The number of aryl methyl sites for hydroxylation is 2. The van der Waals surface area contributed by atoms with Crippen LogP contribution in [-0.4, -0.2) is 57.6 Å². The summed E-state index contributed by atoms with van der Waals surface area (Å²) in [5.74, 6) is -2.37. The van der Waals surface area contributed by atoms with Crippen molar-refractivity contribution < 1.29 is 13.6 Å². The molecule has 0 unspecified atom stereocenters. The van der Waals surface area contributed by atoms with E-state index in [-0.39, 0.29) is 18.9 Å². The number of nitrogens with zero attached hydrogens (tertiary/aromatic N) is 4. The minimum Gasteiger partial charge on any atom is -0.336 e. The number of hydrogen-bond donors (Lipinski definition) is 0. The van der Waals surface area contributed by atoms with Crippen molar-refractivity contribution in [2.24, 2.45) is 18.4 Å². The molecule has 2 saturated heterocycles. The van der Waals surface area contributed by atoms with Crippen LogP contribution in [0.3, 0.4) is 0 Å². The van der Waals surface area contributed by atoms with Crippen molar-refractivity contribution in [3.63, 3.8) is 0 Å². The van der Waals surface area contributed by atoms with Crippen molar-refractivity contribution in [1.29, 1.82) is 0 Å². The molecular weight excluding hydrogens is 362 g/mol. The van der Waals surface area contributed by atoms with E-state index in [1.54, 1.807) is 9.58 Å². The molecule has 156 valence electrons. The summed E-state index contributed by atoms with van der Waals surface area (Å²) in [6.45, 7) is 4.01. The largest absolute Gasteiger partial charge is 0.336 e. The first-order chi connectivity index (χ1) is 13.3. The zero-order valence-corrected chi connectivity index (χ0v) is 17.1. The van der Waals surface area contributed by atoms with Crippen molar-refractivity contribution in [3.8, 4) is 0 Å². The monoisotopic (exact) mass is 394 g/mol. The molecule has 3 heterocycles. The maximum absolute atomic E-state index is 14.7. The zero-order chi connectivity index (χ0) is 19.9. The fourth-order valence-electron chi connectivity index (χ4n) is 5.73. The molecule has 1 aromatic rings. The van der Waals surface area contributed by atoms with Gasteiger partial charge in [-0.25, -0.2) is 8.78 Å². The molecule has 1 aromatic heterocycles. The first-order valence-corrected chi connectivity index (χ1v) is 10.7. The summed E-state index contributed by atoms with van der Waals surface area (Å²) in [6.07, 6.45) is 5.73. The molecule has 1 aliphatic carbocycles. The van der Waals surface area contributed by atoms with E-state index >= 15 is 0 Å². The van der Waals surface area contributed by atoms with Gasteiger partial charge >= 0.3 is 0 Å². The van der Waals surface area contributed by atoms with Gasteiger partial charge in [-0.05, 0) is 44.6 Å². The lowest BCUT2D eigenvalue weighted by Gasteiger charge is -2.49. The highest BCUT2D eigenvalue weighted by atomic mass is 19.3. The molecule has 0 N–H and O–H groups in total. The topological polar surface area (TPSA) is 41.4 Å². The number of piperidine rings is 2. The highest BCUT2D eigenvalue weighted by molar-refractivity contribution is 5.84. The van der Waals surface area contributed by atoms with Crippen molar-refractivity contribution in [1.82, 2.24) is 19.6 Å². The molecule has 28 heavy (non-hydrogen) atoms. The molecule has 3 aliphatic rings. The van der Waals surface area contributed by atoms with Crippen LogP contribution in [0.25, 0.3) is 0 Å². The van der Waals surface area contributed by atoms with Gasteiger partial charge in [-0.15, -0.1) is 0 Å². The number of aromatic nitrogens is 2. The van der Waals surface area contributed by atoms with E-state index in [1.807, 2.05) is 24.9 Å². The number of likely N-dealkylation sites (tertiary alicyclic amines) is 2. The van der Waals surface area contributed by atoms with Crippen LogP contribution in [-0.2, 0) is 18.4 Å². The molecule has 4 rings (SSSR count). The van der Waals surface area contributed by atoms with Crippen LogP contribution >= 0.6 is 0 Å². The smallest absolute Gasteiger partial charge is 0.261 e. The van der Waals surface area contributed by atoms with Gasteiger partial charge in [-0.1, -0.05) is 12.8 Å². The third-order valence-electron chi connectivity index (χ3n) is 6.85. The summed E-state index contributed by atoms with van der Waals surface area (Å²) in [5.41, 5.74) is 0.920. The van der Waals surface area contributed by atoms with E-state index in [0.29, 0.717) is 38.5 Å². The Morgan fingerprint density at radius 3 is 2.64 bits per heavy atom. The van der Waals surface area contributed by atoms with Crippen molar-refractivity contribution in [2.75, 3.05) is 26.2 Å². The highest BCUT2D eigenvalue weighted by Crippen LogP contribution is 2.46. The third kappa shape index (κ3) is 3.95. The molecule has 7 heteroatoms. The highest BCUT2D eigenvalue weighted by Gasteiger charge is 2.55. The Labute approximate surface area is 166 Å². The van der Waals surface area contributed by atoms with E-state index < -0.39 is 11.3 Å². The third-order valence-corrected chi connectivity index (χ3v) is 6.85. The first kappa shape index (κ1) is 19.8. The van der Waals surface area contributed by atoms with Gasteiger partial charge in [0.2, 0.25) is 5.91 Å². The summed E-state index contributed by atoms with van der Waals surface area (Å²) in [4.78, 5) is 17.1. The van der Waals surface area contributed by atoms with E-state index in [1.165, 1.54) is 12.8 Å². The summed E-state index contributed by atoms with van der Waals surface area (Å²) < 4.78 is 31.2. The van der Waals surface area contributed by atoms with Crippen molar-refractivity contribution >= 4 is 5.91 Å². The number of alkyl halides is 2. The number of amides is 1. The average Bonchev–Trinajstić information content (AvgIpc) is 3.20. The number of hydrogen-bond acceptors (Lipinski definition) is 3. The Morgan fingerprint density at radius 1 is 1.21 bits per heavy atom. The van der Waals surface area contributed by atoms with Gasteiger partial charge in [-0.2, -0.15) is 5.10 Å². The molecule has 1 amide bonds. The summed E-state index contributed by atoms with van der Waals surface area (Å²) in [7, 11) is 1.87. The predicted octanol–water partition coefficient (Wildman–Crippen LogP) is 3.37. The zero-order valence-electron chi connectivity index (χ0n) is 17.1. The minimum absolute atomic E-state index is 0.0894. The maximum Gasteiger partial charge on any atom is 0.261 e. The lowest BCUT2D eigenvalue weighted by molar-refractivity contribution is -0.170. The quantitative estimate of drug-likeness (QED) is 0.786. The Bertz CT molecular complexity index is 728. The maximum atomic E-state index is 14.7. The van der Waals surface area contributed by atoms with Gasteiger partial charge in [0.05, 0.1) is 29.9 Å². The second kappa shape index (κ2) is 7.39. The lowest BCUT2D eigenvalue weighted by Crippen LogP contribution is -2.61. The molecule has 5 nitrogen and oxygen atoms in total. The van der Waals surface area contributed by atoms with E-state index in [4.69, 9.17) is 0 Å². The number of carbonyl (C=O) groups excluding carboxylic acids is 1. The van der Waals surface area contributed by atoms with E-state index in [0.717, 1.165) is 30.7 Å².